The zero-order chi connectivity index (χ0) is 34.4. The Morgan fingerprint density at radius 2 is 1.56 bits per heavy atom. The van der Waals surface area contributed by atoms with Crippen LogP contribution < -0.4 is 20.3 Å². The van der Waals surface area contributed by atoms with Gasteiger partial charge in [0.2, 0.25) is 0 Å². The van der Waals surface area contributed by atoms with Crippen molar-refractivity contribution in [2.24, 2.45) is 0 Å². The zero-order valence-corrected chi connectivity index (χ0v) is 27.7. The van der Waals surface area contributed by atoms with Gasteiger partial charge in [0.25, 0.3) is 5.91 Å². The molecule has 48 heavy (non-hydrogen) atoms. The first kappa shape index (κ1) is 33.9. The minimum atomic E-state index is -1.19. The molecule has 0 bridgehead atoms. The molecule has 3 amide bonds. The van der Waals surface area contributed by atoms with Crippen LogP contribution in [0.5, 0.6) is 11.5 Å². The molecule has 5 rings (SSSR count). The van der Waals surface area contributed by atoms with Gasteiger partial charge in [0.05, 0.1) is 22.8 Å². The Morgan fingerprint density at radius 1 is 0.938 bits per heavy atom. The lowest BCUT2D eigenvalue weighted by atomic mass is 9.91. The van der Waals surface area contributed by atoms with Crippen molar-refractivity contribution in [3.05, 3.63) is 89.6 Å². The van der Waals surface area contributed by atoms with Gasteiger partial charge in [0.1, 0.15) is 22.8 Å². The third kappa shape index (κ3) is 8.07. The van der Waals surface area contributed by atoms with Gasteiger partial charge in [-0.05, 0) is 101 Å². The molecule has 1 aliphatic rings. The average molecular weight is 652 g/mol. The first-order valence-electron chi connectivity index (χ1n) is 16.1. The Labute approximate surface area is 280 Å². The molecule has 0 saturated heterocycles. The minimum absolute atomic E-state index is 0.0733. The molecule has 1 heterocycles. The highest BCUT2D eigenvalue weighted by molar-refractivity contribution is 6.13. The van der Waals surface area contributed by atoms with E-state index in [-0.39, 0.29) is 36.6 Å². The highest BCUT2D eigenvalue weighted by atomic mass is 16.6. The molecule has 11 heteroatoms. The fraction of sp³-hybridized carbons (Fsp3) is 0.351. The van der Waals surface area contributed by atoms with Gasteiger partial charge >= 0.3 is 12.2 Å². The van der Waals surface area contributed by atoms with Crippen molar-refractivity contribution < 1.29 is 29.0 Å². The zero-order valence-electron chi connectivity index (χ0n) is 27.7. The number of anilines is 1. The molecule has 0 aliphatic heterocycles. The van der Waals surface area contributed by atoms with E-state index in [1.807, 2.05) is 75.4 Å². The molecule has 0 unspecified atom stereocenters. The van der Waals surface area contributed by atoms with E-state index in [1.54, 1.807) is 29.7 Å². The largest absolute Gasteiger partial charge is 0.465 e. The molecule has 1 aromatic heterocycles. The van der Waals surface area contributed by atoms with Gasteiger partial charge in [-0.15, -0.1) is 0 Å². The lowest BCUT2D eigenvalue weighted by Gasteiger charge is -2.31. The molecule has 0 radical (unpaired) electrons. The normalized spacial score (nSPS) is 16.1. The number of ether oxygens (including phenoxy) is 2. The van der Waals surface area contributed by atoms with Crippen LogP contribution in [-0.4, -0.2) is 52.0 Å². The van der Waals surface area contributed by atoms with Crippen LogP contribution in [0, 0.1) is 11.3 Å². The van der Waals surface area contributed by atoms with Gasteiger partial charge in [0, 0.05) is 30.6 Å². The summed E-state index contributed by atoms with van der Waals surface area (Å²) < 4.78 is 13.1. The first-order chi connectivity index (χ1) is 23.0. The van der Waals surface area contributed by atoms with E-state index in [0.717, 1.165) is 10.5 Å². The predicted molar refractivity (Wildman–Crippen MR) is 183 cm³/mol. The maximum atomic E-state index is 14.3. The fourth-order valence-corrected chi connectivity index (χ4v) is 6.04. The second-order valence-electron chi connectivity index (χ2n) is 12.9. The van der Waals surface area contributed by atoms with E-state index < -0.39 is 23.7 Å². The van der Waals surface area contributed by atoms with E-state index in [4.69, 9.17) is 9.47 Å². The van der Waals surface area contributed by atoms with E-state index in [1.165, 1.54) is 0 Å². The molecule has 250 valence electrons. The standard InChI is InChI=1S/C37H41N5O6/c1-5-41(36(45)46)32-30-20-13-25(22-38)21-31(30)42(23-24-11-18-29(19-12-24)47-28-9-7-6-8-10-28)33(32)34(43)39-26-14-16-27(17-15-26)40-35(44)48-37(2,3)4/h6-13,18-21,26-27H,5,14-17,23H2,1-4H3,(H,39,43)(H,40,44)(H,45,46). The molecule has 0 atom stereocenters. The van der Waals surface area contributed by atoms with Gasteiger partial charge < -0.3 is 29.8 Å². The Bertz CT molecular complexity index is 1810. The van der Waals surface area contributed by atoms with E-state index in [0.29, 0.717) is 53.6 Å². The van der Waals surface area contributed by atoms with E-state index in [2.05, 4.69) is 16.7 Å². The average Bonchev–Trinajstić information content (AvgIpc) is 3.35. The van der Waals surface area contributed by atoms with Crippen LogP contribution in [0.2, 0.25) is 0 Å². The molecule has 1 saturated carbocycles. The van der Waals surface area contributed by atoms with Crippen LogP contribution in [0.3, 0.4) is 0 Å². The summed E-state index contributed by atoms with van der Waals surface area (Å²) in [6.07, 6.45) is 0.900. The fourth-order valence-electron chi connectivity index (χ4n) is 6.04. The van der Waals surface area contributed by atoms with Crippen molar-refractivity contribution >= 4 is 34.7 Å². The number of para-hydroxylation sites is 1. The Kier molecular flexibility index (Phi) is 10.2. The smallest absolute Gasteiger partial charge is 0.411 e. The maximum Gasteiger partial charge on any atom is 0.411 e. The molecule has 0 spiro atoms. The summed E-state index contributed by atoms with van der Waals surface area (Å²) in [7, 11) is 0. The number of carboxylic acid groups (broad SMARTS) is 1. The number of nitrogens with one attached hydrogen (secondary N) is 2. The molecular formula is C37H41N5O6. The Morgan fingerprint density at radius 3 is 2.15 bits per heavy atom. The lowest BCUT2D eigenvalue weighted by Crippen LogP contribution is -2.45. The number of carbonyl (C=O) groups is 3. The number of carbonyl (C=O) groups excluding carboxylic acids is 2. The summed E-state index contributed by atoms with van der Waals surface area (Å²) in [5.74, 6) is 0.941. The third-order valence-corrected chi connectivity index (χ3v) is 8.23. The highest BCUT2D eigenvalue weighted by Crippen LogP contribution is 2.36. The number of aromatic nitrogens is 1. The molecule has 11 nitrogen and oxygen atoms in total. The number of hydrogen-bond acceptors (Lipinski definition) is 6. The topological polar surface area (TPSA) is 146 Å². The number of hydrogen-bond donors (Lipinski definition) is 3. The monoisotopic (exact) mass is 651 g/mol. The number of amides is 3. The van der Waals surface area contributed by atoms with Crippen molar-refractivity contribution in [2.75, 3.05) is 11.4 Å². The van der Waals surface area contributed by atoms with Crippen molar-refractivity contribution in [1.29, 1.82) is 5.26 Å². The second kappa shape index (κ2) is 14.5. The van der Waals surface area contributed by atoms with Crippen molar-refractivity contribution in [3.8, 4) is 17.6 Å². The summed E-state index contributed by atoms with van der Waals surface area (Å²) in [5, 5.41) is 26.6. The summed E-state index contributed by atoms with van der Waals surface area (Å²) in [6, 6.07) is 23.8. The number of alkyl carbamates (subject to hydrolysis) is 1. The quantitative estimate of drug-likeness (QED) is 0.171. The lowest BCUT2D eigenvalue weighted by molar-refractivity contribution is 0.0487. The summed E-state index contributed by atoms with van der Waals surface area (Å²) in [4.78, 5) is 40.2. The number of nitriles is 1. The van der Waals surface area contributed by atoms with Crippen molar-refractivity contribution in [2.45, 2.75) is 77.6 Å². The van der Waals surface area contributed by atoms with E-state index >= 15 is 0 Å². The first-order valence-corrected chi connectivity index (χ1v) is 16.1. The Balaban J connectivity index is 1.45. The molecule has 1 fully saturated rings. The second-order valence-corrected chi connectivity index (χ2v) is 12.9. The van der Waals surface area contributed by atoms with Crippen molar-refractivity contribution in [3.63, 3.8) is 0 Å². The number of benzene rings is 3. The molecule has 3 N–H and O–H groups in total. The SMILES string of the molecule is CCN(C(=O)O)c1c(C(=O)NC2CCC(NC(=O)OC(C)(C)C)CC2)n(Cc2ccc(Oc3ccccc3)cc2)c2cc(C#N)ccc12. The number of fused-ring (bicyclic) bond motifs is 1. The van der Waals surface area contributed by atoms with Gasteiger partial charge in [-0.25, -0.2) is 9.59 Å². The third-order valence-electron chi connectivity index (χ3n) is 8.23. The van der Waals surface area contributed by atoms with Crippen LogP contribution in [0.15, 0.2) is 72.8 Å². The van der Waals surface area contributed by atoms with Crippen LogP contribution in [0.25, 0.3) is 10.9 Å². The van der Waals surface area contributed by atoms with Crippen LogP contribution in [0.1, 0.15) is 75.0 Å². The van der Waals surface area contributed by atoms with Gasteiger partial charge in [-0.2, -0.15) is 5.26 Å². The Hall–Kier alpha value is -5.50. The number of nitrogens with zero attached hydrogens (tertiary/aromatic N) is 3. The van der Waals surface area contributed by atoms with Crippen LogP contribution >= 0.6 is 0 Å². The summed E-state index contributed by atoms with van der Waals surface area (Å²) >= 11 is 0. The van der Waals surface area contributed by atoms with Crippen LogP contribution in [-0.2, 0) is 11.3 Å². The molecular weight excluding hydrogens is 610 g/mol. The van der Waals surface area contributed by atoms with Crippen LogP contribution in [0.4, 0.5) is 15.3 Å². The molecule has 4 aromatic rings. The molecule has 1 aliphatic carbocycles. The summed E-state index contributed by atoms with van der Waals surface area (Å²) in [6.45, 7) is 7.51. The van der Waals surface area contributed by atoms with E-state index in [9.17, 15) is 24.8 Å². The predicted octanol–water partition coefficient (Wildman–Crippen LogP) is 7.42. The van der Waals surface area contributed by atoms with Gasteiger partial charge in [-0.3, -0.25) is 9.69 Å². The number of rotatable bonds is 9. The highest BCUT2D eigenvalue weighted by Gasteiger charge is 2.32. The minimum Gasteiger partial charge on any atom is -0.465 e. The van der Waals surface area contributed by atoms with Gasteiger partial charge in [0.15, 0.2) is 0 Å². The molecule has 3 aromatic carbocycles. The summed E-state index contributed by atoms with van der Waals surface area (Å²) in [5.41, 5.74) is 1.68. The van der Waals surface area contributed by atoms with Gasteiger partial charge in [-0.1, -0.05) is 30.3 Å². The maximum absolute atomic E-state index is 14.3. The van der Waals surface area contributed by atoms with Crippen molar-refractivity contribution in [1.82, 2.24) is 15.2 Å².